The van der Waals surface area contributed by atoms with Gasteiger partial charge >= 0.3 is 17.8 Å². The fourth-order valence-corrected chi connectivity index (χ4v) is 2.38. The Labute approximate surface area is 107 Å². The molecule has 0 unspecified atom stereocenters. The Balaban J connectivity index is 2.00. The molecule has 0 saturated carbocycles. The van der Waals surface area contributed by atoms with Gasteiger partial charge in [-0.05, 0) is 12.5 Å². The first kappa shape index (κ1) is 11.7. The lowest BCUT2D eigenvalue weighted by atomic mass is 10.0. The van der Waals surface area contributed by atoms with E-state index in [4.69, 9.17) is 10.2 Å². The lowest BCUT2D eigenvalue weighted by molar-refractivity contribution is -0.0453. The number of carbonyl (C=O) groups excluding carboxylic acids is 2. The molecule has 2 aliphatic rings. The summed E-state index contributed by atoms with van der Waals surface area (Å²) >= 11 is 0. The maximum Gasteiger partial charge on any atom is 0.345 e. The highest BCUT2D eigenvalue weighted by molar-refractivity contribution is 5.87. The predicted molar refractivity (Wildman–Crippen MR) is 58.8 cm³/mol. The number of urea groups is 1. The number of carbonyl (C=O) groups is 2. The van der Waals surface area contributed by atoms with Gasteiger partial charge in [-0.25, -0.2) is 4.79 Å². The first-order valence-corrected chi connectivity index (χ1v) is 5.59. The first-order chi connectivity index (χ1) is 8.99. The van der Waals surface area contributed by atoms with Crippen LogP contribution < -0.4 is 5.73 Å². The average Bonchev–Trinajstić information content (AvgIpc) is 2.92. The highest BCUT2D eigenvalue weighted by Crippen LogP contribution is 2.36. The number of fused-ring (bicyclic) bond motifs is 2. The van der Waals surface area contributed by atoms with Gasteiger partial charge < -0.3 is 15.1 Å². The Morgan fingerprint density at radius 2 is 2.32 bits per heavy atom. The van der Waals surface area contributed by atoms with Crippen molar-refractivity contribution < 1.29 is 19.2 Å². The van der Waals surface area contributed by atoms with E-state index in [9.17, 15) is 14.8 Å². The molecule has 1 aromatic heterocycles. The number of primary amides is 1. The Morgan fingerprint density at radius 1 is 1.58 bits per heavy atom. The third kappa shape index (κ3) is 1.58. The van der Waals surface area contributed by atoms with Crippen molar-refractivity contribution in [2.45, 2.75) is 19.0 Å². The molecule has 2 aliphatic heterocycles. The monoisotopic (exact) mass is 265 g/mol. The molecule has 3 rings (SSSR count). The van der Waals surface area contributed by atoms with Gasteiger partial charge in [0.05, 0.1) is 12.6 Å². The van der Waals surface area contributed by atoms with Crippen molar-refractivity contribution in [2.75, 3.05) is 6.54 Å². The summed E-state index contributed by atoms with van der Waals surface area (Å²) in [6.07, 6.45) is 1.75. The van der Waals surface area contributed by atoms with Crippen LogP contribution in [0.4, 0.5) is 4.79 Å². The van der Waals surface area contributed by atoms with Crippen LogP contribution in [0, 0.1) is 0 Å². The van der Waals surface area contributed by atoms with Crippen LogP contribution in [0.5, 0.6) is 0 Å². The zero-order valence-electron chi connectivity index (χ0n) is 9.98. The number of hydrogen-bond acceptors (Lipinski definition) is 6. The van der Waals surface area contributed by atoms with Gasteiger partial charge in [0, 0.05) is 0 Å². The molecule has 3 heterocycles. The largest absolute Gasteiger partial charge is 0.414 e. The molecule has 1 saturated heterocycles. The van der Waals surface area contributed by atoms with Crippen LogP contribution in [0.1, 0.15) is 29.5 Å². The van der Waals surface area contributed by atoms with Crippen LogP contribution in [-0.2, 0) is 0 Å². The molecule has 1 fully saturated rings. The summed E-state index contributed by atoms with van der Waals surface area (Å²) in [7, 11) is 0. The summed E-state index contributed by atoms with van der Waals surface area (Å²) in [6.45, 7) is 2.11. The molecule has 2 bridgehead atoms. The number of amides is 3. The van der Waals surface area contributed by atoms with E-state index in [0.29, 0.717) is 11.6 Å². The summed E-state index contributed by atoms with van der Waals surface area (Å²) < 4.78 is 5.16. The predicted octanol–water partition coefficient (Wildman–Crippen LogP) is -0.335. The third-order valence-corrected chi connectivity index (χ3v) is 3.22. The van der Waals surface area contributed by atoms with E-state index in [1.165, 1.54) is 4.90 Å². The summed E-state index contributed by atoms with van der Waals surface area (Å²) in [5.41, 5.74) is 5.82. The lowest BCUT2D eigenvalue weighted by Crippen LogP contribution is -2.34. The lowest BCUT2D eigenvalue weighted by Gasteiger charge is -2.27. The Hall–Kier alpha value is -2.42. The molecule has 3 N–H and O–H groups in total. The molecule has 3 amide bonds. The number of nitrogens with two attached hydrogens (primary N) is 1. The number of hydrogen-bond donors (Lipinski definition) is 2. The molecule has 0 aromatic carbocycles. The molecule has 9 heteroatoms. The van der Waals surface area contributed by atoms with Crippen molar-refractivity contribution in [1.82, 2.24) is 20.2 Å². The second-order valence-corrected chi connectivity index (χ2v) is 4.47. The molecule has 0 spiro atoms. The maximum absolute atomic E-state index is 11.8. The van der Waals surface area contributed by atoms with Gasteiger partial charge in [-0.2, -0.15) is 5.06 Å². The Bertz CT molecular complexity index is 594. The highest BCUT2D eigenvalue weighted by Gasteiger charge is 2.46. The Kier molecular flexibility index (Phi) is 2.32. The molecule has 2 atom stereocenters. The quantitative estimate of drug-likeness (QED) is 0.556. The summed E-state index contributed by atoms with van der Waals surface area (Å²) in [5, 5.41) is 17.5. The maximum atomic E-state index is 11.8. The number of rotatable bonds is 2. The van der Waals surface area contributed by atoms with Gasteiger partial charge in [0.25, 0.3) is 0 Å². The van der Waals surface area contributed by atoms with E-state index in [1.54, 1.807) is 13.0 Å². The van der Waals surface area contributed by atoms with Crippen LogP contribution >= 0.6 is 0 Å². The molecule has 1 aromatic rings. The molecule has 9 nitrogen and oxygen atoms in total. The number of aromatic nitrogens is 2. The molecule has 100 valence electrons. The van der Waals surface area contributed by atoms with Crippen molar-refractivity contribution in [1.29, 1.82) is 0 Å². The molecule has 0 radical (unpaired) electrons. The topological polar surface area (TPSA) is 126 Å². The van der Waals surface area contributed by atoms with Crippen LogP contribution in [0.25, 0.3) is 0 Å². The van der Waals surface area contributed by atoms with Crippen LogP contribution in [0.15, 0.2) is 16.1 Å². The van der Waals surface area contributed by atoms with E-state index in [-0.39, 0.29) is 17.8 Å². The minimum Gasteiger partial charge on any atom is -0.414 e. The van der Waals surface area contributed by atoms with Crippen molar-refractivity contribution in [2.24, 2.45) is 5.73 Å². The minimum atomic E-state index is -0.828. The zero-order chi connectivity index (χ0) is 13.7. The first-order valence-electron chi connectivity index (χ1n) is 5.59. The molecule has 0 aliphatic carbocycles. The molecular formula is C10H11N5O4. The van der Waals surface area contributed by atoms with E-state index >= 15 is 0 Å². The summed E-state index contributed by atoms with van der Waals surface area (Å²) in [4.78, 5) is 24.2. The van der Waals surface area contributed by atoms with E-state index in [2.05, 4.69) is 10.2 Å². The van der Waals surface area contributed by atoms with Crippen LogP contribution in [0.2, 0.25) is 0 Å². The normalized spacial score (nSPS) is 25.8. The van der Waals surface area contributed by atoms with E-state index in [0.717, 1.165) is 5.57 Å². The molecule has 19 heavy (non-hydrogen) atoms. The van der Waals surface area contributed by atoms with Gasteiger partial charge in [-0.1, -0.05) is 6.08 Å². The van der Waals surface area contributed by atoms with Gasteiger partial charge in [-0.15, -0.1) is 10.2 Å². The SMILES string of the molecule is CC1=C[C@@H]2CN(C(=O)N2O)[C@@H]1c1nnc(C(N)=O)o1. The Morgan fingerprint density at radius 3 is 2.95 bits per heavy atom. The van der Waals surface area contributed by atoms with E-state index in [1.807, 2.05) is 0 Å². The van der Waals surface area contributed by atoms with Crippen molar-refractivity contribution in [3.8, 4) is 0 Å². The summed E-state index contributed by atoms with van der Waals surface area (Å²) in [5.74, 6) is -1.03. The number of nitrogens with zero attached hydrogens (tertiary/aromatic N) is 4. The van der Waals surface area contributed by atoms with Crippen molar-refractivity contribution >= 4 is 11.9 Å². The van der Waals surface area contributed by atoms with Gasteiger partial charge in [0.15, 0.2) is 0 Å². The summed E-state index contributed by atoms with van der Waals surface area (Å²) in [6, 6.07) is -1.49. The van der Waals surface area contributed by atoms with Crippen LogP contribution in [0.3, 0.4) is 0 Å². The fraction of sp³-hybridized carbons (Fsp3) is 0.400. The van der Waals surface area contributed by atoms with Gasteiger partial charge in [0.1, 0.15) is 6.04 Å². The van der Waals surface area contributed by atoms with Gasteiger partial charge in [-0.3, -0.25) is 10.0 Å². The van der Waals surface area contributed by atoms with Crippen molar-refractivity contribution in [3.05, 3.63) is 23.4 Å². The van der Waals surface area contributed by atoms with E-state index < -0.39 is 18.0 Å². The smallest absolute Gasteiger partial charge is 0.345 e. The highest BCUT2D eigenvalue weighted by atomic mass is 16.5. The zero-order valence-corrected chi connectivity index (χ0v) is 9.98. The third-order valence-electron chi connectivity index (χ3n) is 3.22. The second-order valence-electron chi connectivity index (χ2n) is 4.47. The van der Waals surface area contributed by atoms with Gasteiger partial charge in [0.2, 0.25) is 5.89 Å². The standard InChI is InChI=1S/C10H11N5O4/c1-4-2-5-3-14(10(17)15(5)18)6(4)8-12-13-9(19-8)7(11)16/h2,5-6,18H,3H2,1H3,(H2,11,16)/t5-,6+/m1/s1. The average molecular weight is 265 g/mol. The van der Waals surface area contributed by atoms with Crippen molar-refractivity contribution in [3.63, 3.8) is 0 Å². The number of hydroxylamine groups is 2. The minimum absolute atomic E-state index is 0.102. The molecular weight excluding hydrogens is 254 g/mol. The second kappa shape index (κ2) is 3.79. The fourth-order valence-electron chi connectivity index (χ4n) is 2.38. The van der Waals surface area contributed by atoms with Crippen LogP contribution in [-0.4, -0.2) is 49.9 Å².